The predicted octanol–water partition coefficient (Wildman–Crippen LogP) is 2.72. The summed E-state index contributed by atoms with van der Waals surface area (Å²) in [6, 6.07) is 0. The molecule has 3 aliphatic rings. The van der Waals surface area contributed by atoms with Gasteiger partial charge in [0.15, 0.2) is 5.17 Å². The molecular formula is C17H22N4OS2. The number of aromatic nitrogens is 1. The molecule has 1 aromatic heterocycles. The quantitative estimate of drug-likeness (QED) is 0.875. The number of nitrogens with zero attached hydrogens (tertiary/aromatic N) is 3. The van der Waals surface area contributed by atoms with E-state index in [0.717, 1.165) is 43.2 Å². The van der Waals surface area contributed by atoms with Crippen molar-refractivity contribution in [2.24, 2.45) is 4.99 Å². The molecule has 24 heavy (non-hydrogen) atoms. The third-order valence-electron chi connectivity index (χ3n) is 4.56. The van der Waals surface area contributed by atoms with Gasteiger partial charge in [-0.2, -0.15) is 0 Å². The zero-order valence-electron chi connectivity index (χ0n) is 13.7. The van der Waals surface area contributed by atoms with Gasteiger partial charge < -0.3 is 10.2 Å². The van der Waals surface area contributed by atoms with Crippen LogP contribution in [0.3, 0.4) is 0 Å². The first-order chi connectivity index (χ1) is 11.8. The maximum absolute atomic E-state index is 12.2. The van der Waals surface area contributed by atoms with Crippen LogP contribution < -0.4 is 5.32 Å². The van der Waals surface area contributed by atoms with E-state index in [9.17, 15) is 4.79 Å². The Labute approximate surface area is 150 Å². The number of aryl methyl sites for hydroxylation is 2. The van der Waals surface area contributed by atoms with Gasteiger partial charge in [-0.1, -0.05) is 11.8 Å². The van der Waals surface area contributed by atoms with E-state index < -0.39 is 0 Å². The van der Waals surface area contributed by atoms with Crippen LogP contribution in [0.2, 0.25) is 0 Å². The molecule has 0 unspecified atom stereocenters. The molecule has 0 radical (unpaired) electrons. The molecule has 5 nitrogen and oxygen atoms in total. The number of fused-ring (bicyclic) bond motifs is 2. The molecule has 3 heterocycles. The first kappa shape index (κ1) is 16.1. The number of thioether (sulfide) groups is 1. The molecule has 0 aromatic carbocycles. The minimum absolute atomic E-state index is 0.0926. The van der Waals surface area contributed by atoms with E-state index in [4.69, 9.17) is 4.98 Å². The van der Waals surface area contributed by atoms with Crippen molar-refractivity contribution in [3.8, 4) is 0 Å². The molecule has 0 spiro atoms. The Kier molecular flexibility index (Phi) is 4.89. The molecule has 2 aliphatic heterocycles. The van der Waals surface area contributed by atoms with Crippen LogP contribution in [0.4, 0.5) is 0 Å². The zero-order valence-corrected chi connectivity index (χ0v) is 15.3. The van der Waals surface area contributed by atoms with Gasteiger partial charge in [-0.25, -0.2) is 4.98 Å². The van der Waals surface area contributed by atoms with Crippen molar-refractivity contribution in [3.63, 3.8) is 0 Å². The zero-order chi connectivity index (χ0) is 16.4. The Morgan fingerprint density at radius 3 is 3.12 bits per heavy atom. The number of hydrogen-bond donors (Lipinski definition) is 1. The standard InChI is InChI=1S/C17H22N4OS2/c22-15(10-12-11-23-17-19-7-3-9-21(12)17)18-8-6-16-20-13-4-1-2-5-14(13)24-16/h11H,1-10H2,(H,18,22). The molecule has 1 N–H and O–H groups in total. The summed E-state index contributed by atoms with van der Waals surface area (Å²) < 4.78 is 0. The maximum atomic E-state index is 12.2. The maximum Gasteiger partial charge on any atom is 0.225 e. The molecule has 0 bridgehead atoms. The van der Waals surface area contributed by atoms with Gasteiger partial charge in [-0.3, -0.25) is 9.79 Å². The number of nitrogens with one attached hydrogen (secondary N) is 1. The monoisotopic (exact) mass is 362 g/mol. The fourth-order valence-electron chi connectivity index (χ4n) is 3.32. The molecule has 7 heteroatoms. The van der Waals surface area contributed by atoms with E-state index in [-0.39, 0.29) is 5.91 Å². The Hall–Kier alpha value is -1.34. The van der Waals surface area contributed by atoms with E-state index >= 15 is 0 Å². The van der Waals surface area contributed by atoms with Gasteiger partial charge >= 0.3 is 0 Å². The predicted molar refractivity (Wildman–Crippen MR) is 99.4 cm³/mol. The minimum Gasteiger partial charge on any atom is -0.355 e. The molecular weight excluding hydrogens is 340 g/mol. The first-order valence-corrected chi connectivity index (χ1v) is 10.4. The molecule has 128 valence electrons. The molecule has 0 saturated heterocycles. The molecule has 0 saturated carbocycles. The van der Waals surface area contributed by atoms with Gasteiger partial charge in [-0.15, -0.1) is 11.3 Å². The Morgan fingerprint density at radius 2 is 2.21 bits per heavy atom. The highest BCUT2D eigenvalue weighted by molar-refractivity contribution is 8.16. The number of amides is 1. The Morgan fingerprint density at radius 1 is 1.29 bits per heavy atom. The lowest BCUT2D eigenvalue weighted by molar-refractivity contribution is -0.120. The van der Waals surface area contributed by atoms with Crippen LogP contribution in [-0.4, -0.2) is 40.6 Å². The van der Waals surface area contributed by atoms with E-state index in [2.05, 4.69) is 20.6 Å². The largest absolute Gasteiger partial charge is 0.355 e. The molecule has 1 aromatic rings. The van der Waals surface area contributed by atoms with Crippen LogP contribution in [0.15, 0.2) is 16.1 Å². The smallest absolute Gasteiger partial charge is 0.225 e. The van der Waals surface area contributed by atoms with Crippen molar-refractivity contribution in [1.82, 2.24) is 15.2 Å². The van der Waals surface area contributed by atoms with Crippen LogP contribution in [0, 0.1) is 0 Å². The Balaban J connectivity index is 1.24. The number of rotatable bonds is 5. The summed E-state index contributed by atoms with van der Waals surface area (Å²) in [6.07, 6.45) is 7.22. The van der Waals surface area contributed by atoms with Crippen LogP contribution in [-0.2, 0) is 24.1 Å². The van der Waals surface area contributed by atoms with Crippen LogP contribution in [0.25, 0.3) is 0 Å². The molecule has 0 fully saturated rings. The highest BCUT2D eigenvalue weighted by Gasteiger charge is 2.26. The number of hydrogen-bond acceptors (Lipinski definition) is 6. The van der Waals surface area contributed by atoms with Gasteiger partial charge in [0.25, 0.3) is 0 Å². The van der Waals surface area contributed by atoms with Gasteiger partial charge in [0.05, 0.1) is 17.1 Å². The van der Waals surface area contributed by atoms with E-state index in [1.807, 2.05) is 11.3 Å². The number of carbonyl (C=O) groups excluding carboxylic acids is 1. The second-order valence-corrected chi connectivity index (χ2v) is 8.36. The average molecular weight is 363 g/mol. The second kappa shape index (κ2) is 7.27. The fourth-order valence-corrected chi connectivity index (χ4v) is 5.43. The Bertz CT molecular complexity index is 671. The third kappa shape index (κ3) is 3.52. The van der Waals surface area contributed by atoms with Crippen molar-refractivity contribution in [3.05, 3.63) is 26.7 Å². The number of thiazole rings is 1. The third-order valence-corrected chi connectivity index (χ3v) is 6.72. The molecule has 1 amide bonds. The summed E-state index contributed by atoms with van der Waals surface area (Å²) in [5, 5.41) is 7.34. The SMILES string of the molecule is O=C(CC1=CSC2=NCCCN12)NCCc1nc2c(s1)CCCC2. The van der Waals surface area contributed by atoms with E-state index in [1.54, 1.807) is 11.8 Å². The lowest BCUT2D eigenvalue weighted by atomic mass is 10.0. The lowest BCUT2D eigenvalue weighted by Crippen LogP contribution is -2.33. The summed E-state index contributed by atoms with van der Waals surface area (Å²) in [4.78, 5) is 25.1. The number of carbonyl (C=O) groups is 1. The van der Waals surface area contributed by atoms with Crippen molar-refractivity contribution < 1.29 is 4.79 Å². The van der Waals surface area contributed by atoms with Gasteiger partial charge in [0.2, 0.25) is 5.91 Å². The highest BCUT2D eigenvalue weighted by Crippen LogP contribution is 2.30. The first-order valence-electron chi connectivity index (χ1n) is 8.71. The summed E-state index contributed by atoms with van der Waals surface area (Å²) in [7, 11) is 0. The van der Waals surface area contributed by atoms with Gasteiger partial charge in [0, 0.05) is 36.6 Å². The molecule has 0 atom stereocenters. The number of aliphatic imine (C=N–C) groups is 1. The van der Waals surface area contributed by atoms with Crippen molar-refractivity contribution >= 4 is 34.2 Å². The van der Waals surface area contributed by atoms with Crippen LogP contribution >= 0.6 is 23.1 Å². The van der Waals surface area contributed by atoms with Crippen LogP contribution in [0.1, 0.15) is 41.3 Å². The average Bonchev–Trinajstić information content (AvgIpc) is 3.19. The van der Waals surface area contributed by atoms with Gasteiger partial charge in [0.1, 0.15) is 0 Å². The van der Waals surface area contributed by atoms with Gasteiger partial charge in [-0.05, 0) is 37.5 Å². The van der Waals surface area contributed by atoms with E-state index in [0.29, 0.717) is 13.0 Å². The molecule has 1 aliphatic carbocycles. The summed E-state index contributed by atoms with van der Waals surface area (Å²) in [6.45, 7) is 2.56. The highest BCUT2D eigenvalue weighted by atomic mass is 32.2. The van der Waals surface area contributed by atoms with Crippen molar-refractivity contribution in [2.45, 2.75) is 44.9 Å². The number of amidine groups is 1. The lowest BCUT2D eigenvalue weighted by Gasteiger charge is -2.25. The fraction of sp³-hybridized carbons (Fsp3) is 0.588. The molecule has 4 rings (SSSR count). The summed E-state index contributed by atoms with van der Waals surface area (Å²) in [5.41, 5.74) is 2.39. The normalized spacial score (nSPS) is 19.4. The summed E-state index contributed by atoms with van der Waals surface area (Å²) in [5.74, 6) is 0.0926. The second-order valence-electron chi connectivity index (χ2n) is 6.36. The van der Waals surface area contributed by atoms with Crippen molar-refractivity contribution in [1.29, 1.82) is 0 Å². The van der Waals surface area contributed by atoms with E-state index in [1.165, 1.54) is 34.8 Å². The van der Waals surface area contributed by atoms with Crippen molar-refractivity contribution in [2.75, 3.05) is 19.6 Å². The minimum atomic E-state index is 0.0926. The topological polar surface area (TPSA) is 57.6 Å². The van der Waals surface area contributed by atoms with Crippen LogP contribution in [0.5, 0.6) is 0 Å². The summed E-state index contributed by atoms with van der Waals surface area (Å²) >= 11 is 3.47.